The second-order valence-electron chi connectivity index (χ2n) is 6.68. The third-order valence-electron chi connectivity index (χ3n) is 5.20. The minimum atomic E-state index is 0.0946. The largest absolute Gasteiger partial charge is 0.352 e. The van der Waals surface area contributed by atoms with Crippen molar-refractivity contribution in [3.8, 4) is 0 Å². The van der Waals surface area contributed by atoms with E-state index in [1.807, 2.05) is 35.8 Å². The molecule has 118 valence electrons. The number of carbonyl (C=O) groups excluding carboxylic acids is 1. The number of fused-ring (bicyclic) bond motifs is 1. The first kappa shape index (κ1) is 15.1. The van der Waals surface area contributed by atoms with Crippen molar-refractivity contribution in [1.29, 1.82) is 0 Å². The summed E-state index contributed by atoms with van der Waals surface area (Å²) in [5.41, 5.74) is 1.98. The second-order valence-corrected chi connectivity index (χ2v) is 6.68. The number of aromatic nitrogens is 2. The van der Waals surface area contributed by atoms with E-state index in [1.54, 1.807) is 0 Å². The van der Waals surface area contributed by atoms with Gasteiger partial charge in [0.15, 0.2) is 0 Å². The number of imidazole rings is 1. The Morgan fingerprint density at radius 2 is 2.09 bits per heavy atom. The van der Waals surface area contributed by atoms with Crippen LogP contribution < -0.4 is 5.32 Å². The molecule has 1 amide bonds. The highest BCUT2D eigenvalue weighted by atomic mass is 16.2. The molecular formula is C18H25N3O. The Kier molecular flexibility index (Phi) is 4.19. The summed E-state index contributed by atoms with van der Waals surface area (Å²) < 4.78 is 2.00. The third kappa shape index (κ3) is 2.87. The fourth-order valence-corrected chi connectivity index (χ4v) is 3.58. The molecule has 0 unspecified atom stereocenters. The number of nitrogens with one attached hydrogen (secondary N) is 1. The van der Waals surface area contributed by atoms with Crippen LogP contribution in [0.1, 0.15) is 38.9 Å². The molecule has 4 nitrogen and oxygen atoms in total. The van der Waals surface area contributed by atoms with Crippen LogP contribution in [0.2, 0.25) is 0 Å². The Morgan fingerprint density at radius 3 is 2.91 bits per heavy atom. The van der Waals surface area contributed by atoms with Gasteiger partial charge < -0.3 is 9.88 Å². The van der Waals surface area contributed by atoms with Crippen LogP contribution in [0.25, 0.3) is 11.0 Å². The first-order valence-corrected chi connectivity index (χ1v) is 8.27. The molecule has 1 aromatic heterocycles. The Bertz CT molecular complexity index is 676. The summed E-state index contributed by atoms with van der Waals surface area (Å²) in [5.74, 6) is 2.23. The molecule has 0 aliphatic heterocycles. The monoisotopic (exact) mass is 299 g/mol. The molecule has 1 aliphatic rings. The van der Waals surface area contributed by atoms with E-state index < -0.39 is 0 Å². The van der Waals surface area contributed by atoms with Crippen molar-refractivity contribution in [3.05, 3.63) is 30.1 Å². The zero-order chi connectivity index (χ0) is 15.7. The fraction of sp³-hybridized carbons (Fsp3) is 0.556. The topological polar surface area (TPSA) is 46.9 Å². The van der Waals surface area contributed by atoms with Crippen LogP contribution in [0.3, 0.4) is 0 Å². The van der Waals surface area contributed by atoms with Gasteiger partial charge in [0.25, 0.3) is 0 Å². The van der Waals surface area contributed by atoms with Crippen molar-refractivity contribution in [2.24, 2.45) is 11.8 Å². The predicted octanol–water partition coefficient (Wildman–Crippen LogP) is 3.29. The van der Waals surface area contributed by atoms with Crippen LogP contribution in [0.5, 0.6) is 0 Å². The molecule has 2 aromatic rings. The standard InChI is InChI=1S/C18H25N3O/c1-12-7-6-9-15(13(12)2)20-18(22)11-21-14(3)19-16-8-4-5-10-17(16)21/h4-5,8,10,12-13,15H,6-7,9,11H2,1-3H3,(H,20,22)/t12-,13+,15-/m1/s1. The lowest BCUT2D eigenvalue weighted by Crippen LogP contribution is -2.44. The highest BCUT2D eigenvalue weighted by Crippen LogP contribution is 2.29. The van der Waals surface area contributed by atoms with Gasteiger partial charge in [0.05, 0.1) is 11.0 Å². The van der Waals surface area contributed by atoms with Gasteiger partial charge >= 0.3 is 0 Å². The van der Waals surface area contributed by atoms with Crippen LogP contribution >= 0.6 is 0 Å². The number of benzene rings is 1. The summed E-state index contributed by atoms with van der Waals surface area (Å²) in [7, 11) is 0. The number of carbonyl (C=O) groups is 1. The van der Waals surface area contributed by atoms with E-state index in [0.717, 1.165) is 23.3 Å². The molecule has 1 aromatic carbocycles. The number of aryl methyl sites for hydroxylation is 1. The van der Waals surface area contributed by atoms with Gasteiger partial charge in [-0.3, -0.25) is 4.79 Å². The van der Waals surface area contributed by atoms with Crippen LogP contribution in [0, 0.1) is 18.8 Å². The maximum atomic E-state index is 12.5. The summed E-state index contributed by atoms with van der Waals surface area (Å²) >= 11 is 0. The molecule has 0 radical (unpaired) electrons. The Hall–Kier alpha value is -1.84. The molecule has 0 spiro atoms. The molecule has 0 bridgehead atoms. The molecule has 0 saturated heterocycles. The molecule has 4 heteroatoms. The van der Waals surface area contributed by atoms with Crippen LogP contribution in [-0.2, 0) is 11.3 Å². The molecular weight excluding hydrogens is 274 g/mol. The average molecular weight is 299 g/mol. The first-order valence-electron chi connectivity index (χ1n) is 8.27. The first-order chi connectivity index (χ1) is 10.6. The van der Waals surface area contributed by atoms with E-state index in [0.29, 0.717) is 24.4 Å². The number of amides is 1. The smallest absolute Gasteiger partial charge is 0.240 e. The van der Waals surface area contributed by atoms with E-state index >= 15 is 0 Å². The van der Waals surface area contributed by atoms with Crippen molar-refractivity contribution in [2.45, 2.75) is 52.6 Å². The number of hydrogen-bond acceptors (Lipinski definition) is 2. The number of nitrogens with zero attached hydrogens (tertiary/aromatic N) is 2. The van der Waals surface area contributed by atoms with Crippen molar-refractivity contribution in [3.63, 3.8) is 0 Å². The van der Waals surface area contributed by atoms with Crippen LogP contribution in [0.15, 0.2) is 24.3 Å². The number of para-hydroxylation sites is 2. The van der Waals surface area contributed by atoms with E-state index in [4.69, 9.17) is 0 Å². The predicted molar refractivity (Wildman–Crippen MR) is 88.6 cm³/mol. The summed E-state index contributed by atoms with van der Waals surface area (Å²) in [6.07, 6.45) is 3.59. The number of rotatable bonds is 3. The van der Waals surface area contributed by atoms with Gasteiger partial charge in [-0.2, -0.15) is 0 Å². The van der Waals surface area contributed by atoms with Gasteiger partial charge in [-0.05, 0) is 37.3 Å². The van der Waals surface area contributed by atoms with Crippen molar-refractivity contribution < 1.29 is 4.79 Å². The summed E-state index contributed by atoms with van der Waals surface area (Å²) in [4.78, 5) is 17.0. The minimum absolute atomic E-state index is 0.0946. The zero-order valence-corrected chi connectivity index (χ0v) is 13.7. The van der Waals surface area contributed by atoms with Gasteiger partial charge in [-0.15, -0.1) is 0 Å². The Morgan fingerprint density at radius 1 is 1.32 bits per heavy atom. The minimum Gasteiger partial charge on any atom is -0.352 e. The molecule has 1 N–H and O–H groups in total. The SMILES string of the molecule is Cc1nc2ccccc2n1CC(=O)N[C@@H]1CCC[C@@H](C)[C@@H]1C. The lowest BCUT2D eigenvalue weighted by molar-refractivity contribution is -0.123. The zero-order valence-electron chi connectivity index (χ0n) is 13.7. The molecule has 1 fully saturated rings. The average Bonchev–Trinajstić information content (AvgIpc) is 2.80. The molecule has 3 rings (SSSR count). The molecule has 3 atom stereocenters. The third-order valence-corrected chi connectivity index (χ3v) is 5.20. The lowest BCUT2D eigenvalue weighted by atomic mass is 9.78. The summed E-state index contributed by atoms with van der Waals surface area (Å²) in [5, 5.41) is 3.24. The second kappa shape index (κ2) is 6.11. The molecule has 1 saturated carbocycles. The molecule has 1 aliphatic carbocycles. The van der Waals surface area contributed by atoms with Gasteiger partial charge in [0.1, 0.15) is 12.4 Å². The normalized spacial score (nSPS) is 25.3. The summed E-state index contributed by atoms with van der Waals surface area (Å²) in [6, 6.07) is 8.29. The highest BCUT2D eigenvalue weighted by Gasteiger charge is 2.28. The lowest BCUT2D eigenvalue weighted by Gasteiger charge is -2.34. The van der Waals surface area contributed by atoms with E-state index in [1.165, 1.54) is 12.8 Å². The van der Waals surface area contributed by atoms with Gasteiger partial charge in [0, 0.05) is 6.04 Å². The maximum Gasteiger partial charge on any atom is 0.240 e. The highest BCUT2D eigenvalue weighted by molar-refractivity contribution is 5.81. The van der Waals surface area contributed by atoms with Crippen molar-refractivity contribution in [2.75, 3.05) is 0 Å². The molecule has 1 heterocycles. The Labute approximate surface area is 131 Å². The van der Waals surface area contributed by atoms with Crippen LogP contribution in [0.4, 0.5) is 0 Å². The van der Waals surface area contributed by atoms with Gasteiger partial charge in [0.2, 0.25) is 5.91 Å². The van der Waals surface area contributed by atoms with Gasteiger partial charge in [-0.25, -0.2) is 4.98 Å². The Balaban J connectivity index is 1.72. The van der Waals surface area contributed by atoms with E-state index in [2.05, 4.69) is 24.1 Å². The quantitative estimate of drug-likeness (QED) is 0.945. The fourth-order valence-electron chi connectivity index (χ4n) is 3.58. The summed E-state index contributed by atoms with van der Waals surface area (Å²) in [6.45, 7) is 6.85. The van der Waals surface area contributed by atoms with Gasteiger partial charge in [-0.1, -0.05) is 38.8 Å². The molecule has 22 heavy (non-hydrogen) atoms. The maximum absolute atomic E-state index is 12.5. The van der Waals surface area contributed by atoms with E-state index in [9.17, 15) is 4.79 Å². The van der Waals surface area contributed by atoms with E-state index in [-0.39, 0.29) is 5.91 Å². The van der Waals surface area contributed by atoms with Crippen molar-refractivity contribution in [1.82, 2.24) is 14.9 Å². The van der Waals surface area contributed by atoms with Crippen LogP contribution in [-0.4, -0.2) is 21.5 Å². The number of hydrogen-bond donors (Lipinski definition) is 1. The van der Waals surface area contributed by atoms with Crippen molar-refractivity contribution >= 4 is 16.9 Å².